The lowest BCUT2D eigenvalue weighted by Gasteiger charge is -2.21. The normalized spacial score (nSPS) is 11.4. The summed E-state index contributed by atoms with van der Waals surface area (Å²) in [6, 6.07) is 69.2. The van der Waals surface area contributed by atoms with E-state index in [1.54, 1.807) is 54.6 Å². The molecule has 12 rings (SSSR count). The number of nitriles is 4. The fraction of sp³-hybridized carbons (Fsp3) is 0.0156. The van der Waals surface area contributed by atoms with E-state index in [9.17, 15) is 21.0 Å². The van der Waals surface area contributed by atoms with Crippen LogP contribution in [0.3, 0.4) is 0 Å². The van der Waals surface area contributed by atoms with Gasteiger partial charge in [0.05, 0.1) is 91.2 Å². The Bertz CT molecular complexity index is 4260. The first kappa shape index (κ1) is 44.7. The molecule has 0 bridgehead atoms. The third kappa shape index (κ3) is 7.22. The summed E-state index contributed by atoms with van der Waals surface area (Å²) in [5.41, 5.74) is 10.0. The Hall–Kier alpha value is -10.5. The van der Waals surface area contributed by atoms with Crippen LogP contribution in [0.15, 0.2) is 206 Å². The number of benzene rings is 9. The molecule has 10 heteroatoms. The van der Waals surface area contributed by atoms with E-state index in [1.165, 1.54) is 12.3 Å². The molecule has 0 unspecified atom stereocenters. The standard InChI is InChI=1S/C64H34F3N7/c65-64(66,67)55-19-9-20-60(73-56-26-22-39(47-15-5-1-11-43(47)35-68)31-51(56)52-32-40(23-27-57(52)73)48-16-6-2-12-44(48)36-69)62(55)63-61(21-10-30-72-63)74-58-28-24-41(49-17-7-3-13-45(49)37-70)33-53(58)54-34-42(25-29-59(54)74)50-18-8-4-14-46(50)38-71/h1-34H. The Morgan fingerprint density at radius 1 is 0.365 bits per heavy atom. The van der Waals surface area contributed by atoms with Crippen molar-refractivity contribution in [2.24, 2.45) is 0 Å². The third-order valence-electron chi connectivity index (χ3n) is 13.8. The molecular formula is C64H34F3N7. The number of aromatic nitrogens is 3. The van der Waals surface area contributed by atoms with Crippen molar-refractivity contribution >= 4 is 43.6 Å². The zero-order valence-corrected chi connectivity index (χ0v) is 38.9. The highest BCUT2D eigenvalue weighted by molar-refractivity contribution is 6.14. The van der Waals surface area contributed by atoms with E-state index < -0.39 is 11.7 Å². The molecule has 9 aromatic carbocycles. The van der Waals surface area contributed by atoms with E-state index in [-0.39, 0.29) is 16.9 Å². The molecule has 0 amide bonds. The van der Waals surface area contributed by atoms with Gasteiger partial charge in [-0.15, -0.1) is 0 Å². The quantitative estimate of drug-likeness (QED) is 0.158. The molecule has 0 N–H and O–H groups in total. The van der Waals surface area contributed by atoms with Gasteiger partial charge in [0.1, 0.15) is 0 Å². The number of pyridine rings is 1. The molecule has 0 saturated carbocycles. The number of hydrogen-bond acceptors (Lipinski definition) is 5. The van der Waals surface area contributed by atoms with E-state index in [0.29, 0.717) is 61.1 Å². The lowest BCUT2D eigenvalue weighted by atomic mass is 9.96. The molecule has 0 aliphatic heterocycles. The van der Waals surface area contributed by atoms with Gasteiger partial charge >= 0.3 is 6.18 Å². The second kappa shape index (κ2) is 17.7. The number of hydrogen-bond donors (Lipinski definition) is 0. The number of rotatable bonds is 7. The Morgan fingerprint density at radius 3 is 1.05 bits per heavy atom. The van der Waals surface area contributed by atoms with Crippen molar-refractivity contribution < 1.29 is 13.2 Å². The summed E-state index contributed by atoms with van der Waals surface area (Å²) in [5.74, 6) is 0. The first-order chi connectivity index (χ1) is 36.2. The summed E-state index contributed by atoms with van der Waals surface area (Å²) >= 11 is 0. The number of nitrogens with zero attached hydrogens (tertiary/aromatic N) is 7. The van der Waals surface area contributed by atoms with Gasteiger partial charge in [-0.05, 0) is 142 Å². The van der Waals surface area contributed by atoms with Crippen LogP contribution >= 0.6 is 0 Å². The molecule has 3 heterocycles. The Balaban J connectivity index is 1.16. The second-order valence-electron chi connectivity index (χ2n) is 17.8. The summed E-state index contributed by atoms with van der Waals surface area (Å²) in [7, 11) is 0. The highest BCUT2D eigenvalue weighted by Gasteiger charge is 2.37. The fourth-order valence-electron chi connectivity index (χ4n) is 10.5. The molecule has 0 aliphatic rings. The minimum absolute atomic E-state index is 0.0705. The predicted molar refractivity (Wildman–Crippen MR) is 284 cm³/mol. The van der Waals surface area contributed by atoms with Gasteiger partial charge in [-0.3, -0.25) is 4.98 Å². The van der Waals surface area contributed by atoms with Gasteiger partial charge in [0.2, 0.25) is 0 Å². The molecule has 0 radical (unpaired) electrons. The van der Waals surface area contributed by atoms with Crippen LogP contribution in [-0.2, 0) is 6.18 Å². The van der Waals surface area contributed by atoms with Crippen molar-refractivity contribution in [2.75, 3.05) is 0 Å². The molecule has 0 atom stereocenters. The van der Waals surface area contributed by atoms with Crippen molar-refractivity contribution in [2.45, 2.75) is 6.18 Å². The zero-order chi connectivity index (χ0) is 50.7. The SMILES string of the molecule is N#Cc1ccccc1-c1ccc2c(c1)c1cc(-c3ccccc3C#N)ccc1n2-c1cccnc1-c1c(-n2c3ccc(-c4ccccc4C#N)cc3c3cc(-c4ccccc4C#N)ccc32)cccc1C(F)(F)F. The van der Waals surface area contributed by atoms with Crippen LogP contribution in [0.4, 0.5) is 13.2 Å². The van der Waals surface area contributed by atoms with Crippen LogP contribution in [0.25, 0.3) is 111 Å². The molecule has 12 aromatic rings. The minimum Gasteiger partial charge on any atom is -0.309 e. The second-order valence-corrected chi connectivity index (χ2v) is 17.8. The van der Waals surface area contributed by atoms with Crippen molar-refractivity contribution in [1.82, 2.24) is 14.1 Å². The van der Waals surface area contributed by atoms with E-state index in [4.69, 9.17) is 4.98 Å². The number of halogens is 3. The zero-order valence-electron chi connectivity index (χ0n) is 38.9. The van der Waals surface area contributed by atoms with Crippen LogP contribution in [0.2, 0.25) is 0 Å². The van der Waals surface area contributed by atoms with Gasteiger partial charge in [-0.25, -0.2) is 0 Å². The molecule has 3 aromatic heterocycles. The van der Waals surface area contributed by atoms with Crippen LogP contribution in [-0.4, -0.2) is 14.1 Å². The predicted octanol–water partition coefficient (Wildman–Crippen LogP) is 16.1. The largest absolute Gasteiger partial charge is 0.417 e. The van der Waals surface area contributed by atoms with E-state index >= 15 is 13.2 Å². The molecular weight excluding hydrogens is 924 g/mol. The monoisotopic (exact) mass is 957 g/mol. The summed E-state index contributed by atoms with van der Waals surface area (Å²) in [6.07, 6.45) is -3.34. The molecule has 0 aliphatic carbocycles. The highest BCUT2D eigenvalue weighted by Crippen LogP contribution is 2.47. The van der Waals surface area contributed by atoms with Gasteiger partial charge in [0.15, 0.2) is 0 Å². The smallest absolute Gasteiger partial charge is 0.309 e. The lowest BCUT2D eigenvalue weighted by Crippen LogP contribution is -2.12. The average Bonchev–Trinajstić information content (AvgIpc) is 3.96. The van der Waals surface area contributed by atoms with Gasteiger partial charge in [0.25, 0.3) is 0 Å². The molecule has 0 saturated heterocycles. The molecule has 346 valence electrons. The van der Waals surface area contributed by atoms with Crippen molar-refractivity contribution in [3.8, 4) is 91.4 Å². The highest BCUT2D eigenvalue weighted by atomic mass is 19.4. The maximum Gasteiger partial charge on any atom is 0.417 e. The lowest BCUT2D eigenvalue weighted by molar-refractivity contribution is -0.137. The summed E-state index contributed by atoms with van der Waals surface area (Å²) in [4.78, 5) is 4.88. The van der Waals surface area contributed by atoms with E-state index in [2.05, 4.69) is 24.3 Å². The van der Waals surface area contributed by atoms with Gasteiger partial charge in [0, 0.05) is 33.3 Å². The van der Waals surface area contributed by atoms with Crippen LogP contribution < -0.4 is 0 Å². The van der Waals surface area contributed by atoms with Crippen molar-refractivity contribution in [3.05, 3.63) is 234 Å². The number of fused-ring (bicyclic) bond motifs is 6. The van der Waals surface area contributed by atoms with E-state index in [0.717, 1.165) is 61.0 Å². The van der Waals surface area contributed by atoms with Gasteiger partial charge < -0.3 is 9.13 Å². The Morgan fingerprint density at radius 2 is 0.703 bits per heavy atom. The topological polar surface area (TPSA) is 118 Å². The van der Waals surface area contributed by atoms with Crippen LogP contribution in [0.1, 0.15) is 27.8 Å². The van der Waals surface area contributed by atoms with E-state index in [1.807, 2.05) is 143 Å². The first-order valence-electron chi connectivity index (χ1n) is 23.5. The first-order valence-corrected chi connectivity index (χ1v) is 23.5. The van der Waals surface area contributed by atoms with Crippen LogP contribution in [0.5, 0.6) is 0 Å². The maximum atomic E-state index is 16.0. The minimum atomic E-state index is -4.84. The summed E-state index contributed by atoms with van der Waals surface area (Å²) < 4.78 is 51.7. The fourth-order valence-corrected chi connectivity index (χ4v) is 10.5. The molecule has 0 fully saturated rings. The Labute approximate surface area is 422 Å². The molecule has 0 spiro atoms. The third-order valence-corrected chi connectivity index (χ3v) is 13.8. The van der Waals surface area contributed by atoms with Gasteiger partial charge in [-0.2, -0.15) is 34.2 Å². The maximum absolute atomic E-state index is 16.0. The van der Waals surface area contributed by atoms with Crippen molar-refractivity contribution in [1.29, 1.82) is 21.0 Å². The summed E-state index contributed by atoms with van der Waals surface area (Å²) in [6.45, 7) is 0. The van der Waals surface area contributed by atoms with Crippen LogP contribution in [0, 0.1) is 45.3 Å². The average molecular weight is 958 g/mol. The van der Waals surface area contributed by atoms with Crippen molar-refractivity contribution in [3.63, 3.8) is 0 Å². The Kier molecular flexibility index (Phi) is 10.7. The molecule has 7 nitrogen and oxygen atoms in total. The van der Waals surface area contributed by atoms with Gasteiger partial charge in [-0.1, -0.05) is 103 Å². The molecule has 74 heavy (non-hydrogen) atoms. The number of alkyl halides is 3. The summed E-state index contributed by atoms with van der Waals surface area (Å²) in [5, 5.41) is 43.5.